The third-order valence-electron chi connectivity index (χ3n) is 4.08. The predicted octanol–water partition coefficient (Wildman–Crippen LogP) is 2.78. The number of amides is 1. The standard InChI is InChI=1S/C17H26N2O/c1-3-12-19(13-16-10-7-11-18-16)17(20)14(2)15-8-5-4-6-9-15/h4-6,8-9,14,16,18H,3,7,10-13H2,1-2H3. The molecule has 2 unspecified atom stereocenters. The normalized spacial score (nSPS) is 19.8. The van der Waals surface area contributed by atoms with Crippen LogP contribution in [0, 0.1) is 0 Å². The first-order valence-electron chi connectivity index (χ1n) is 7.79. The summed E-state index contributed by atoms with van der Waals surface area (Å²) in [6.07, 6.45) is 3.43. The third-order valence-corrected chi connectivity index (χ3v) is 4.08. The molecule has 1 aliphatic heterocycles. The molecule has 1 amide bonds. The van der Waals surface area contributed by atoms with E-state index in [1.165, 1.54) is 12.8 Å². The van der Waals surface area contributed by atoms with Crippen LogP contribution in [-0.2, 0) is 4.79 Å². The minimum absolute atomic E-state index is 0.0517. The molecule has 1 aromatic rings. The molecule has 3 nitrogen and oxygen atoms in total. The SMILES string of the molecule is CCCN(CC1CCCN1)C(=O)C(C)c1ccccc1. The number of carbonyl (C=O) groups is 1. The van der Waals surface area contributed by atoms with E-state index in [0.717, 1.165) is 31.6 Å². The van der Waals surface area contributed by atoms with Crippen molar-refractivity contribution in [1.29, 1.82) is 0 Å². The lowest BCUT2D eigenvalue weighted by molar-refractivity contribution is -0.132. The Hall–Kier alpha value is -1.35. The molecule has 1 aliphatic rings. The molecule has 110 valence electrons. The minimum Gasteiger partial charge on any atom is -0.341 e. The fourth-order valence-electron chi connectivity index (χ4n) is 2.90. The lowest BCUT2D eigenvalue weighted by Gasteiger charge is -2.28. The number of nitrogens with zero attached hydrogens (tertiary/aromatic N) is 1. The first-order valence-corrected chi connectivity index (χ1v) is 7.79. The Morgan fingerprint density at radius 1 is 1.40 bits per heavy atom. The molecule has 1 saturated heterocycles. The summed E-state index contributed by atoms with van der Waals surface area (Å²) >= 11 is 0. The monoisotopic (exact) mass is 274 g/mol. The van der Waals surface area contributed by atoms with E-state index in [1.807, 2.05) is 42.2 Å². The molecule has 0 radical (unpaired) electrons. The quantitative estimate of drug-likeness (QED) is 0.865. The minimum atomic E-state index is -0.0517. The van der Waals surface area contributed by atoms with E-state index in [0.29, 0.717) is 6.04 Å². The van der Waals surface area contributed by atoms with Gasteiger partial charge in [-0.2, -0.15) is 0 Å². The maximum absolute atomic E-state index is 12.7. The van der Waals surface area contributed by atoms with Gasteiger partial charge in [0.25, 0.3) is 0 Å². The van der Waals surface area contributed by atoms with Gasteiger partial charge >= 0.3 is 0 Å². The molecule has 0 spiro atoms. The summed E-state index contributed by atoms with van der Waals surface area (Å²) in [5.41, 5.74) is 1.11. The van der Waals surface area contributed by atoms with Crippen molar-refractivity contribution in [2.24, 2.45) is 0 Å². The van der Waals surface area contributed by atoms with Crippen LogP contribution in [0.25, 0.3) is 0 Å². The van der Waals surface area contributed by atoms with E-state index < -0.39 is 0 Å². The molecule has 0 bridgehead atoms. The zero-order valence-electron chi connectivity index (χ0n) is 12.6. The summed E-state index contributed by atoms with van der Waals surface area (Å²) in [5, 5.41) is 3.49. The summed E-state index contributed by atoms with van der Waals surface area (Å²) in [6.45, 7) is 6.95. The highest BCUT2D eigenvalue weighted by Gasteiger charge is 2.25. The molecule has 1 aromatic carbocycles. The molecule has 20 heavy (non-hydrogen) atoms. The number of rotatable bonds is 6. The molecule has 0 aromatic heterocycles. The number of carbonyl (C=O) groups excluding carboxylic acids is 1. The van der Waals surface area contributed by atoms with E-state index in [9.17, 15) is 4.79 Å². The van der Waals surface area contributed by atoms with Crippen molar-refractivity contribution in [3.63, 3.8) is 0 Å². The Balaban J connectivity index is 2.01. The molecule has 0 saturated carbocycles. The lowest BCUT2D eigenvalue weighted by atomic mass is 9.99. The van der Waals surface area contributed by atoms with Crippen LogP contribution in [0.4, 0.5) is 0 Å². The van der Waals surface area contributed by atoms with Gasteiger partial charge < -0.3 is 10.2 Å². The maximum Gasteiger partial charge on any atom is 0.229 e. The number of hydrogen-bond acceptors (Lipinski definition) is 2. The second-order valence-corrected chi connectivity index (χ2v) is 5.71. The highest BCUT2D eigenvalue weighted by molar-refractivity contribution is 5.83. The van der Waals surface area contributed by atoms with E-state index in [2.05, 4.69) is 12.2 Å². The first-order chi connectivity index (χ1) is 9.72. The van der Waals surface area contributed by atoms with Crippen LogP contribution in [0.15, 0.2) is 30.3 Å². The third kappa shape index (κ3) is 3.83. The van der Waals surface area contributed by atoms with Crippen molar-refractivity contribution in [2.45, 2.75) is 45.1 Å². The zero-order chi connectivity index (χ0) is 14.4. The Kier molecular flexibility index (Phi) is 5.60. The van der Waals surface area contributed by atoms with Crippen molar-refractivity contribution < 1.29 is 4.79 Å². The zero-order valence-corrected chi connectivity index (χ0v) is 12.6. The molecule has 2 atom stereocenters. The molecule has 0 aliphatic carbocycles. The number of hydrogen-bond donors (Lipinski definition) is 1. The van der Waals surface area contributed by atoms with Crippen LogP contribution in [0.2, 0.25) is 0 Å². The summed E-state index contributed by atoms with van der Waals surface area (Å²) in [4.78, 5) is 14.8. The summed E-state index contributed by atoms with van der Waals surface area (Å²) in [6, 6.07) is 10.6. The van der Waals surface area contributed by atoms with Gasteiger partial charge in [0.15, 0.2) is 0 Å². The lowest BCUT2D eigenvalue weighted by Crippen LogP contribution is -2.43. The van der Waals surface area contributed by atoms with Crippen molar-refractivity contribution in [2.75, 3.05) is 19.6 Å². The predicted molar refractivity (Wildman–Crippen MR) is 82.8 cm³/mol. The van der Waals surface area contributed by atoms with Gasteiger partial charge in [-0.05, 0) is 38.3 Å². The van der Waals surface area contributed by atoms with E-state index in [1.54, 1.807) is 0 Å². The van der Waals surface area contributed by atoms with Crippen LogP contribution >= 0.6 is 0 Å². The number of nitrogens with one attached hydrogen (secondary N) is 1. The summed E-state index contributed by atoms with van der Waals surface area (Å²) < 4.78 is 0. The summed E-state index contributed by atoms with van der Waals surface area (Å²) in [5.74, 6) is 0.205. The molecular weight excluding hydrogens is 248 g/mol. The van der Waals surface area contributed by atoms with Gasteiger partial charge in [-0.15, -0.1) is 0 Å². The number of benzene rings is 1. The van der Waals surface area contributed by atoms with Crippen LogP contribution < -0.4 is 5.32 Å². The highest BCUT2D eigenvalue weighted by atomic mass is 16.2. The average Bonchev–Trinajstić information content (AvgIpc) is 2.99. The van der Waals surface area contributed by atoms with Crippen molar-refractivity contribution in [1.82, 2.24) is 10.2 Å². The first kappa shape index (κ1) is 15.0. The Labute approximate surface area is 122 Å². The Morgan fingerprint density at radius 3 is 2.75 bits per heavy atom. The maximum atomic E-state index is 12.7. The van der Waals surface area contributed by atoms with Crippen LogP contribution in [0.5, 0.6) is 0 Å². The second kappa shape index (κ2) is 7.44. The second-order valence-electron chi connectivity index (χ2n) is 5.71. The van der Waals surface area contributed by atoms with E-state index in [4.69, 9.17) is 0 Å². The van der Waals surface area contributed by atoms with Gasteiger partial charge in [0.1, 0.15) is 0 Å². The molecule has 1 fully saturated rings. The van der Waals surface area contributed by atoms with Gasteiger partial charge in [0.2, 0.25) is 5.91 Å². The summed E-state index contributed by atoms with van der Waals surface area (Å²) in [7, 11) is 0. The molecule has 3 heteroatoms. The molecule has 1 heterocycles. The van der Waals surface area contributed by atoms with E-state index in [-0.39, 0.29) is 11.8 Å². The average molecular weight is 274 g/mol. The van der Waals surface area contributed by atoms with Crippen molar-refractivity contribution in [3.8, 4) is 0 Å². The Morgan fingerprint density at radius 2 is 2.15 bits per heavy atom. The van der Waals surface area contributed by atoms with Crippen LogP contribution in [-0.4, -0.2) is 36.5 Å². The smallest absolute Gasteiger partial charge is 0.229 e. The van der Waals surface area contributed by atoms with Gasteiger partial charge in [-0.3, -0.25) is 4.79 Å². The van der Waals surface area contributed by atoms with E-state index >= 15 is 0 Å². The van der Waals surface area contributed by atoms with Crippen LogP contribution in [0.3, 0.4) is 0 Å². The molecule has 2 rings (SSSR count). The fourth-order valence-corrected chi connectivity index (χ4v) is 2.90. The fraction of sp³-hybridized carbons (Fsp3) is 0.588. The van der Waals surface area contributed by atoms with Gasteiger partial charge in [-0.1, -0.05) is 37.3 Å². The van der Waals surface area contributed by atoms with Crippen molar-refractivity contribution in [3.05, 3.63) is 35.9 Å². The largest absolute Gasteiger partial charge is 0.341 e. The van der Waals surface area contributed by atoms with Crippen LogP contribution in [0.1, 0.15) is 44.6 Å². The highest BCUT2D eigenvalue weighted by Crippen LogP contribution is 2.19. The topological polar surface area (TPSA) is 32.3 Å². The Bertz CT molecular complexity index is 412. The van der Waals surface area contributed by atoms with Gasteiger partial charge in [-0.25, -0.2) is 0 Å². The molecule has 1 N–H and O–H groups in total. The molecular formula is C17H26N2O. The van der Waals surface area contributed by atoms with Crippen molar-refractivity contribution >= 4 is 5.91 Å². The van der Waals surface area contributed by atoms with Gasteiger partial charge in [0, 0.05) is 19.1 Å². The van der Waals surface area contributed by atoms with Gasteiger partial charge in [0.05, 0.1) is 5.92 Å².